The Hall–Kier alpha value is -2.50. The lowest BCUT2D eigenvalue weighted by Gasteiger charge is -2.32. The molecule has 1 aliphatic rings. The molecule has 0 spiro atoms. The Morgan fingerprint density at radius 2 is 2.08 bits per heavy atom. The molecule has 0 bridgehead atoms. The molecule has 0 saturated carbocycles. The molecule has 2 amide bonds. The van der Waals surface area contributed by atoms with Gasteiger partial charge in [-0.25, -0.2) is 4.79 Å². The molecule has 0 radical (unpaired) electrons. The molecule has 140 valence electrons. The number of carbonyl (C=O) groups excluding carboxylic acids is 1. The Balaban J connectivity index is 1.55. The number of nitrogens with zero attached hydrogens (tertiary/aromatic N) is 1. The standard InChI is InChI=1S/C20H27N3O3/c1-2-14-5-3-6-16-17(13-22-19(14)16)15-8-11-23(12-9-15)20(26)21-10-4-7-18(24)25/h3,5-6,13,15,22H,2,4,7-12H2,1H3,(H,21,26)(H,24,25). The Morgan fingerprint density at radius 1 is 1.31 bits per heavy atom. The van der Waals surface area contributed by atoms with E-state index in [0.29, 0.717) is 18.9 Å². The maximum absolute atomic E-state index is 12.2. The van der Waals surface area contributed by atoms with Crippen LogP contribution in [0.3, 0.4) is 0 Å². The average Bonchev–Trinajstić information content (AvgIpc) is 3.09. The summed E-state index contributed by atoms with van der Waals surface area (Å²) in [6, 6.07) is 6.39. The number of piperidine rings is 1. The van der Waals surface area contributed by atoms with E-state index in [-0.39, 0.29) is 12.5 Å². The first kappa shape index (κ1) is 18.3. The van der Waals surface area contributed by atoms with Crippen LogP contribution in [0.1, 0.15) is 49.7 Å². The number of carboxylic acids is 1. The molecule has 1 saturated heterocycles. The summed E-state index contributed by atoms with van der Waals surface area (Å²) in [5, 5.41) is 12.8. The third-order valence-corrected chi connectivity index (χ3v) is 5.28. The van der Waals surface area contributed by atoms with E-state index in [9.17, 15) is 9.59 Å². The second kappa shape index (κ2) is 8.25. The first-order valence-electron chi connectivity index (χ1n) is 9.43. The maximum atomic E-state index is 12.2. The average molecular weight is 357 g/mol. The van der Waals surface area contributed by atoms with Gasteiger partial charge in [0.05, 0.1) is 0 Å². The number of fused-ring (bicyclic) bond motifs is 1. The highest BCUT2D eigenvalue weighted by atomic mass is 16.4. The van der Waals surface area contributed by atoms with E-state index in [1.165, 1.54) is 22.0 Å². The number of para-hydroxylation sites is 1. The molecule has 0 unspecified atom stereocenters. The largest absolute Gasteiger partial charge is 0.481 e. The van der Waals surface area contributed by atoms with E-state index in [1.807, 2.05) is 4.90 Å². The number of aliphatic carboxylic acids is 1. The maximum Gasteiger partial charge on any atom is 0.317 e. The van der Waals surface area contributed by atoms with Crippen molar-refractivity contribution < 1.29 is 14.7 Å². The Labute approximate surface area is 153 Å². The summed E-state index contributed by atoms with van der Waals surface area (Å²) in [6.45, 7) is 4.04. The predicted octanol–water partition coefficient (Wildman–Crippen LogP) is 3.48. The highest BCUT2D eigenvalue weighted by Gasteiger charge is 2.25. The van der Waals surface area contributed by atoms with Crippen molar-refractivity contribution in [2.24, 2.45) is 0 Å². The lowest BCUT2D eigenvalue weighted by Crippen LogP contribution is -2.44. The van der Waals surface area contributed by atoms with Crippen molar-refractivity contribution in [3.63, 3.8) is 0 Å². The van der Waals surface area contributed by atoms with Gasteiger partial charge in [-0.3, -0.25) is 4.79 Å². The normalized spacial score (nSPS) is 15.3. The van der Waals surface area contributed by atoms with Crippen molar-refractivity contribution in [3.8, 4) is 0 Å². The van der Waals surface area contributed by atoms with E-state index in [2.05, 4.69) is 41.6 Å². The van der Waals surface area contributed by atoms with E-state index in [1.54, 1.807) is 0 Å². The van der Waals surface area contributed by atoms with Gasteiger partial charge in [-0.2, -0.15) is 0 Å². The summed E-state index contributed by atoms with van der Waals surface area (Å²) in [5.41, 5.74) is 3.94. The Bertz CT molecular complexity index is 776. The van der Waals surface area contributed by atoms with Crippen LogP contribution in [0.15, 0.2) is 24.4 Å². The first-order chi connectivity index (χ1) is 12.6. The molecule has 0 atom stereocenters. The highest BCUT2D eigenvalue weighted by Crippen LogP contribution is 2.34. The number of aromatic amines is 1. The number of amides is 2. The SMILES string of the molecule is CCc1cccc2c(C3CCN(C(=O)NCCCC(=O)O)CC3)c[nH]c12. The number of aromatic nitrogens is 1. The summed E-state index contributed by atoms with van der Waals surface area (Å²) in [6.07, 6.45) is 5.60. The quantitative estimate of drug-likeness (QED) is 0.692. The van der Waals surface area contributed by atoms with E-state index in [4.69, 9.17) is 5.11 Å². The summed E-state index contributed by atoms with van der Waals surface area (Å²) >= 11 is 0. The fourth-order valence-electron chi connectivity index (χ4n) is 3.81. The highest BCUT2D eigenvalue weighted by molar-refractivity contribution is 5.86. The molecule has 6 heteroatoms. The van der Waals surface area contributed by atoms with Gasteiger partial charge < -0.3 is 20.3 Å². The fraction of sp³-hybridized carbons (Fsp3) is 0.500. The van der Waals surface area contributed by atoms with Crippen LogP contribution >= 0.6 is 0 Å². The van der Waals surface area contributed by atoms with Crippen LogP contribution in [0.4, 0.5) is 4.79 Å². The zero-order valence-corrected chi connectivity index (χ0v) is 15.3. The number of nitrogens with one attached hydrogen (secondary N) is 2. The van der Waals surface area contributed by atoms with Gasteiger partial charge in [0.15, 0.2) is 0 Å². The number of benzene rings is 1. The van der Waals surface area contributed by atoms with Crippen molar-refractivity contribution in [2.75, 3.05) is 19.6 Å². The zero-order chi connectivity index (χ0) is 18.5. The van der Waals surface area contributed by atoms with Gasteiger partial charge in [0, 0.05) is 43.2 Å². The van der Waals surface area contributed by atoms with Crippen molar-refractivity contribution in [1.29, 1.82) is 0 Å². The molecule has 2 heterocycles. The minimum atomic E-state index is -0.829. The minimum absolute atomic E-state index is 0.0824. The molecule has 1 aromatic carbocycles. The number of carboxylic acid groups (broad SMARTS) is 1. The third kappa shape index (κ3) is 4.00. The van der Waals surface area contributed by atoms with E-state index >= 15 is 0 Å². The summed E-state index contributed by atoms with van der Waals surface area (Å²) < 4.78 is 0. The summed E-state index contributed by atoms with van der Waals surface area (Å²) in [4.78, 5) is 28.0. The van der Waals surface area contributed by atoms with Crippen LogP contribution in [-0.2, 0) is 11.2 Å². The minimum Gasteiger partial charge on any atom is -0.481 e. The topological polar surface area (TPSA) is 85.4 Å². The molecule has 2 aromatic rings. The van der Waals surface area contributed by atoms with Crippen molar-refractivity contribution >= 4 is 22.9 Å². The molecule has 6 nitrogen and oxygen atoms in total. The zero-order valence-electron chi connectivity index (χ0n) is 15.3. The number of carbonyl (C=O) groups is 2. The molecule has 1 fully saturated rings. The number of likely N-dealkylation sites (tertiary alicyclic amines) is 1. The molecule has 1 aromatic heterocycles. The first-order valence-corrected chi connectivity index (χ1v) is 9.43. The number of H-pyrrole nitrogens is 1. The molecule has 26 heavy (non-hydrogen) atoms. The summed E-state index contributed by atoms with van der Waals surface area (Å²) in [5.74, 6) is -0.364. The van der Waals surface area contributed by atoms with Gasteiger partial charge in [0.1, 0.15) is 0 Å². The van der Waals surface area contributed by atoms with Crippen molar-refractivity contribution in [3.05, 3.63) is 35.5 Å². The lowest BCUT2D eigenvalue weighted by atomic mass is 9.89. The number of urea groups is 1. The molecule has 3 rings (SSSR count). The van der Waals surface area contributed by atoms with Gasteiger partial charge in [-0.15, -0.1) is 0 Å². The van der Waals surface area contributed by atoms with Crippen LogP contribution in [0.5, 0.6) is 0 Å². The number of rotatable bonds is 6. The van der Waals surface area contributed by atoms with Crippen molar-refractivity contribution in [1.82, 2.24) is 15.2 Å². The molecule has 1 aliphatic heterocycles. The third-order valence-electron chi connectivity index (χ3n) is 5.28. The van der Waals surface area contributed by atoms with Crippen LogP contribution in [0.2, 0.25) is 0 Å². The van der Waals surface area contributed by atoms with Gasteiger partial charge in [-0.05, 0) is 42.7 Å². The van der Waals surface area contributed by atoms with E-state index in [0.717, 1.165) is 32.4 Å². The fourth-order valence-corrected chi connectivity index (χ4v) is 3.81. The van der Waals surface area contributed by atoms with Crippen LogP contribution in [0, 0.1) is 0 Å². The molecule has 0 aliphatic carbocycles. The second-order valence-corrected chi connectivity index (χ2v) is 6.93. The number of hydrogen-bond acceptors (Lipinski definition) is 2. The van der Waals surface area contributed by atoms with Crippen molar-refractivity contribution in [2.45, 2.75) is 44.9 Å². The molecular weight excluding hydrogens is 330 g/mol. The monoisotopic (exact) mass is 357 g/mol. The Kier molecular flexibility index (Phi) is 5.81. The molecular formula is C20H27N3O3. The molecule has 3 N–H and O–H groups in total. The predicted molar refractivity (Wildman–Crippen MR) is 101 cm³/mol. The second-order valence-electron chi connectivity index (χ2n) is 6.93. The van der Waals surface area contributed by atoms with E-state index < -0.39 is 5.97 Å². The van der Waals surface area contributed by atoms with Gasteiger partial charge in [-0.1, -0.05) is 25.1 Å². The number of hydrogen-bond donors (Lipinski definition) is 3. The summed E-state index contributed by atoms with van der Waals surface area (Å²) in [7, 11) is 0. The van der Waals surface area contributed by atoms with Crippen LogP contribution in [-0.4, -0.2) is 46.6 Å². The van der Waals surface area contributed by atoms with Gasteiger partial charge >= 0.3 is 12.0 Å². The Morgan fingerprint density at radius 3 is 2.77 bits per heavy atom. The van der Waals surface area contributed by atoms with Gasteiger partial charge in [0.25, 0.3) is 0 Å². The van der Waals surface area contributed by atoms with Crippen LogP contribution < -0.4 is 5.32 Å². The van der Waals surface area contributed by atoms with Crippen LogP contribution in [0.25, 0.3) is 10.9 Å². The lowest BCUT2D eigenvalue weighted by molar-refractivity contribution is -0.137. The smallest absolute Gasteiger partial charge is 0.317 e. The number of aryl methyl sites for hydroxylation is 1. The van der Waals surface area contributed by atoms with Gasteiger partial charge in [0.2, 0.25) is 0 Å².